The number of fused-ring (bicyclic) bond motifs is 3. The van der Waals surface area contributed by atoms with Crippen molar-refractivity contribution in [3.05, 3.63) is 125 Å². The molecule has 0 aromatic heterocycles. The molecule has 0 amide bonds. The third-order valence-corrected chi connectivity index (χ3v) is 7.75. The summed E-state index contributed by atoms with van der Waals surface area (Å²) in [6.45, 7) is 0. The van der Waals surface area contributed by atoms with Gasteiger partial charge in [0.2, 0.25) is 0 Å². The summed E-state index contributed by atoms with van der Waals surface area (Å²) in [5, 5.41) is 8.16. The van der Waals surface area contributed by atoms with Gasteiger partial charge in [-0.2, -0.15) is 0 Å². The van der Waals surface area contributed by atoms with Crippen molar-refractivity contribution in [2.75, 3.05) is 0 Å². The molecule has 0 heterocycles. The molecule has 0 nitrogen and oxygen atoms in total. The maximum absolute atomic E-state index is 2.48. The third-order valence-electron chi connectivity index (χ3n) is 7.75. The van der Waals surface area contributed by atoms with Crippen molar-refractivity contribution >= 4 is 39.3 Å². The van der Waals surface area contributed by atoms with Crippen molar-refractivity contribution in [3.8, 4) is 22.3 Å². The van der Waals surface area contributed by atoms with E-state index in [0.717, 1.165) is 25.7 Å². The first-order valence-corrected chi connectivity index (χ1v) is 13.1. The molecular weight excluding hydrogens is 432 g/mol. The molecule has 7 rings (SSSR count). The minimum Gasteiger partial charge on any atom is -0.0842 e. The van der Waals surface area contributed by atoms with Crippen LogP contribution in [0.1, 0.15) is 31.2 Å². The van der Waals surface area contributed by atoms with Gasteiger partial charge in [0.1, 0.15) is 0 Å². The van der Waals surface area contributed by atoms with Crippen molar-refractivity contribution in [2.45, 2.75) is 25.7 Å². The fraction of sp³-hybridized carbons (Fsp3) is 0.111. The van der Waals surface area contributed by atoms with Crippen LogP contribution in [0.4, 0.5) is 0 Å². The van der Waals surface area contributed by atoms with Gasteiger partial charge >= 0.3 is 0 Å². The molecule has 172 valence electrons. The summed E-state index contributed by atoms with van der Waals surface area (Å²) in [7, 11) is 0. The molecule has 0 spiro atoms. The molecule has 5 aromatic carbocycles. The number of hydrogen-bond acceptors (Lipinski definition) is 0. The van der Waals surface area contributed by atoms with E-state index in [1.54, 1.807) is 0 Å². The van der Waals surface area contributed by atoms with Crippen LogP contribution >= 0.6 is 0 Å². The van der Waals surface area contributed by atoms with E-state index in [1.807, 2.05) is 0 Å². The Bertz CT molecular complexity index is 1810. The van der Waals surface area contributed by atoms with Crippen molar-refractivity contribution in [1.82, 2.24) is 0 Å². The van der Waals surface area contributed by atoms with Gasteiger partial charge in [-0.1, -0.05) is 115 Å². The van der Waals surface area contributed by atoms with E-state index in [1.165, 1.54) is 65.4 Å². The summed E-state index contributed by atoms with van der Waals surface area (Å²) in [5.74, 6) is 0. The Labute approximate surface area is 212 Å². The molecule has 0 atom stereocenters. The average molecular weight is 461 g/mol. The summed E-state index contributed by atoms with van der Waals surface area (Å²) in [6.07, 6.45) is 16.2. The van der Waals surface area contributed by atoms with Crippen LogP contribution in [0.3, 0.4) is 0 Å². The number of allylic oxidation sites excluding steroid dienone is 4. The zero-order valence-electron chi connectivity index (χ0n) is 20.4. The molecule has 2 aliphatic carbocycles. The Balaban J connectivity index is 1.55. The SMILES string of the molecule is C1=CCCC(c2c3c(c(-c4cccc5cc(-c6ccccc6)ccc45)c4ccccc24)=CCCC=3)=C1. The minimum absolute atomic E-state index is 1.10. The van der Waals surface area contributed by atoms with Gasteiger partial charge in [-0.05, 0) is 97.1 Å². The van der Waals surface area contributed by atoms with E-state index in [2.05, 4.69) is 121 Å². The topological polar surface area (TPSA) is 0 Å². The maximum atomic E-state index is 2.48. The molecule has 0 N–H and O–H groups in total. The Hall–Kier alpha value is -4.16. The molecule has 0 radical (unpaired) electrons. The van der Waals surface area contributed by atoms with Gasteiger partial charge in [0, 0.05) is 0 Å². The molecule has 0 heteroatoms. The van der Waals surface area contributed by atoms with Gasteiger partial charge in [0.15, 0.2) is 0 Å². The average Bonchev–Trinajstić information content (AvgIpc) is 2.96. The lowest BCUT2D eigenvalue weighted by Gasteiger charge is -2.20. The smallest absolute Gasteiger partial charge is 0.00235 e. The lowest BCUT2D eigenvalue weighted by Crippen LogP contribution is -2.33. The van der Waals surface area contributed by atoms with E-state index in [-0.39, 0.29) is 0 Å². The number of hydrogen-bond donors (Lipinski definition) is 0. The van der Waals surface area contributed by atoms with E-state index >= 15 is 0 Å². The zero-order chi connectivity index (χ0) is 23.9. The monoisotopic (exact) mass is 460 g/mol. The lowest BCUT2D eigenvalue weighted by atomic mass is 9.83. The highest BCUT2D eigenvalue weighted by molar-refractivity contribution is 6.09. The van der Waals surface area contributed by atoms with E-state index in [4.69, 9.17) is 0 Å². The third kappa shape index (κ3) is 3.45. The molecule has 0 saturated carbocycles. The van der Waals surface area contributed by atoms with E-state index in [0.29, 0.717) is 0 Å². The largest absolute Gasteiger partial charge is 0.0842 e. The van der Waals surface area contributed by atoms with Crippen molar-refractivity contribution in [2.24, 2.45) is 0 Å². The number of benzene rings is 5. The van der Waals surface area contributed by atoms with Crippen molar-refractivity contribution in [3.63, 3.8) is 0 Å². The van der Waals surface area contributed by atoms with E-state index < -0.39 is 0 Å². The zero-order valence-corrected chi connectivity index (χ0v) is 20.4. The fourth-order valence-corrected chi connectivity index (χ4v) is 6.12. The Morgan fingerprint density at radius 1 is 0.528 bits per heavy atom. The molecule has 0 unspecified atom stereocenters. The second-order valence-electron chi connectivity index (χ2n) is 9.87. The molecule has 5 aromatic rings. The molecular formula is C36H28. The quantitative estimate of drug-likeness (QED) is 0.253. The Morgan fingerprint density at radius 3 is 2.06 bits per heavy atom. The van der Waals surface area contributed by atoms with Gasteiger partial charge in [-0.3, -0.25) is 0 Å². The molecule has 36 heavy (non-hydrogen) atoms. The van der Waals surface area contributed by atoms with Crippen LogP contribution in [-0.4, -0.2) is 0 Å². The Kier molecular flexibility index (Phi) is 5.17. The van der Waals surface area contributed by atoms with Crippen LogP contribution < -0.4 is 10.4 Å². The van der Waals surface area contributed by atoms with Crippen LogP contribution in [0.2, 0.25) is 0 Å². The fourth-order valence-electron chi connectivity index (χ4n) is 6.12. The highest BCUT2D eigenvalue weighted by Gasteiger charge is 2.18. The predicted molar refractivity (Wildman–Crippen MR) is 156 cm³/mol. The standard InChI is InChI=1S/C36H28/c1-3-12-25(13-4-1)27-22-23-29-28(24-27)16-11-21-30(29)36-33-19-9-7-17-31(33)35(26-14-5-2-6-15-26)32-18-8-10-20-34(32)36/h1-5,7,9,11-14,16-24H,6,8,10,15H2. The second kappa shape index (κ2) is 8.81. The van der Waals surface area contributed by atoms with Gasteiger partial charge < -0.3 is 0 Å². The van der Waals surface area contributed by atoms with Crippen LogP contribution in [0.15, 0.2) is 109 Å². The summed E-state index contributed by atoms with van der Waals surface area (Å²) < 4.78 is 0. The number of rotatable bonds is 3. The molecule has 0 fully saturated rings. The minimum atomic E-state index is 1.10. The summed E-state index contributed by atoms with van der Waals surface area (Å²) in [5.41, 5.74) is 8.14. The highest BCUT2D eigenvalue weighted by Crippen LogP contribution is 2.36. The molecule has 2 aliphatic rings. The van der Waals surface area contributed by atoms with Crippen LogP contribution in [0, 0.1) is 0 Å². The van der Waals surface area contributed by atoms with Crippen molar-refractivity contribution in [1.29, 1.82) is 0 Å². The first kappa shape index (κ1) is 21.1. The normalized spacial score (nSPS) is 14.7. The van der Waals surface area contributed by atoms with Gasteiger partial charge in [0.05, 0.1) is 0 Å². The maximum Gasteiger partial charge on any atom is -0.00235 e. The summed E-state index contributed by atoms with van der Waals surface area (Å²) >= 11 is 0. The van der Waals surface area contributed by atoms with E-state index in [9.17, 15) is 0 Å². The highest BCUT2D eigenvalue weighted by atomic mass is 14.2. The molecule has 0 aliphatic heterocycles. The van der Waals surface area contributed by atoms with Crippen LogP contribution in [0.5, 0.6) is 0 Å². The first-order valence-electron chi connectivity index (χ1n) is 13.1. The first-order chi connectivity index (χ1) is 17.9. The molecule has 0 saturated heterocycles. The van der Waals surface area contributed by atoms with Crippen LogP contribution in [0.25, 0.3) is 61.5 Å². The van der Waals surface area contributed by atoms with Crippen LogP contribution in [-0.2, 0) is 0 Å². The Morgan fingerprint density at radius 2 is 1.28 bits per heavy atom. The molecule has 0 bridgehead atoms. The van der Waals surface area contributed by atoms with Gasteiger partial charge in [-0.15, -0.1) is 0 Å². The summed E-state index contributed by atoms with van der Waals surface area (Å²) in [6, 6.07) is 33.5. The predicted octanol–water partition coefficient (Wildman–Crippen LogP) is 8.42. The van der Waals surface area contributed by atoms with Gasteiger partial charge in [0.25, 0.3) is 0 Å². The van der Waals surface area contributed by atoms with Gasteiger partial charge in [-0.25, -0.2) is 0 Å². The second-order valence-corrected chi connectivity index (χ2v) is 9.87. The summed E-state index contributed by atoms with van der Waals surface area (Å²) in [4.78, 5) is 0. The lowest BCUT2D eigenvalue weighted by molar-refractivity contribution is 1.05. The van der Waals surface area contributed by atoms with Crippen molar-refractivity contribution < 1.29 is 0 Å².